The minimum absolute atomic E-state index is 0.0110. The Balaban J connectivity index is 2.40. The van der Waals surface area contributed by atoms with Crippen LogP contribution in [0.4, 0.5) is 0 Å². The maximum absolute atomic E-state index is 11.9. The Bertz CT molecular complexity index is 530. The lowest BCUT2D eigenvalue weighted by Crippen LogP contribution is -2.23. The third-order valence-electron chi connectivity index (χ3n) is 2.67. The number of aryl methyl sites for hydroxylation is 1. The normalized spacial score (nSPS) is 16.6. The van der Waals surface area contributed by atoms with Crippen molar-refractivity contribution in [3.05, 3.63) is 16.9 Å². The van der Waals surface area contributed by atoms with E-state index in [2.05, 4.69) is 4.98 Å². The van der Waals surface area contributed by atoms with E-state index in [0.717, 1.165) is 12.8 Å². The van der Waals surface area contributed by atoms with Crippen molar-refractivity contribution >= 4 is 11.4 Å². The van der Waals surface area contributed by atoms with Crippen molar-refractivity contribution in [2.24, 2.45) is 0 Å². The molecule has 1 aliphatic carbocycles. The first kappa shape index (κ1) is 7.84. The number of hydrogen-bond donors (Lipinski definition) is 0. The topological polar surface area (TPSA) is 53.0 Å². The van der Waals surface area contributed by atoms with Crippen molar-refractivity contribution in [1.29, 1.82) is 0 Å². The standard InChI is InChI=1S/C9H11N3O2/c1-2-11-8-7(10-5-14-8)12(9(11)13)6-3-4-6/h5-6H,2-4H2,1H3. The van der Waals surface area contributed by atoms with Gasteiger partial charge in [0.1, 0.15) is 0 Å². The lowest BCUT2D eigenvalue weighted by Gasteiger charge is -1.95. The number of hydrogen-bond acceptors (Lipinski definition) is 3. The Labute approximate surface area is 80.0 Å². The van der Waals surface area contributed by atoms with Crippen LogP contribution in [0, 0.1) is 0 Å². The highest BCUT2D eigenvalue weighted by atomic mass is 16.3. The molecule has 14 heavy (non-hydrogen) atoms. The highest BCUT2D eigenvalue weighted by molar-refractivity contribution is 5.64. The molecule has 1 saturated carbocycles. The van der Waals surface area contributed by atoms with E-state index in [1.54, 1.807) is 9.13 Å². The quantitative estimate of drug-likeness (QED) is 0.718. The van der Waals surface area contributed by atoms with Crippen LogP contribution >= 0.6 is 0 Å². The van der Waals surface area contributed by atoms with Crippen LogP contribution in [0.5, 0.6) is 0 Å². The lowest BCUT2D eigenvalue weighted by molar-refractivity contribution is 0.547. The van der Waals surface area contributed by atoms with E-state index in [1.165, 1.54) is 6.39 Å². The fraction of sp³-hybridized carbons (Fsp3) is 0.556. The second kappa shape index (κ2) is 2.50. The van der Waals surface area contributed by atoms with Crippen molar-refractivity contribution in [1.82, 2.24) is 14.1 Å². The molecule has 0 saturated heterocycles. The van der Waals surface area contributed by atoms with Crippen molar-refractivity contribution in [2.45, 2.75) is 32.4 Å². The van der Waals surface area contributed by atoms with Gasteiger partial charge in [-0.25, -0.2) is 4.79 Å². The van der Waals surface area contributed by atoms with Crippen LogP contribution in [0.1, 0.15) is 25.8 Å². The molecular weight excluding hydrogens is 182 g/mol. The predicted octanol–water partition coefficient (Wildman–Crippen LogP) is 1.15. The molecule has 0 radical (unpaired) electrons. The molecule has 2 aromatic heterocycles. The van der Waals surface area contributed by atoms with E-state index in [9.17, 15) is 4.79 Å². The third-order valence-corrected chi connectivity index (χ3v) is 2.67. The predicted molar refractivity (Wildman–Crippen MR) is 50.2 cm³/mol. The van der Waals surface area contributed by atoms with Gasteiger partial charge >= 0.3 is 5.69 Å². The maximum atomic E-state index is 11.9. The first-order valence-electron chi connectivity index (χ1n) is 4.87. The van der Waals surface area contributed by atoms with Gasteiger partial charge in [0.15, 0.2) is 6.39 Å². The van der Waals surface area contributed by atoms with E-state index in [0.29, 0.717) is 23.9 Å². The zero-order chi connectivity index (χ0) is 9.71. The van der Waals surface area contributed by atoms with Gasteiger partial charge in [-0.1, -0.05) is 0 Å². The maximum Gasteiger partial charge on any atom is 0.333 e. The average Bonchev–Trinajstić information content (AvgIpc) is 2.81. The van der Waals surface area contributed by atoms with E-state index in [1.807, 2.05) is 6.92 Å². The Morgan fingerprint density at radius 2 is 2.43 bits per heavy atom. The highest BCUT2D eigenvalue weighted by Crippen LogP contribution is 2.35. The van der Waals surface area contributed by atoms with Gasteiger partial charge in [-0.3, -0.25) is 9.13 Å². The van der Waals surface area contributed by atoms with Crippen LogP contribution in [0.25, 0.3) is 11.4 Å². The number of fused-ring (bicyclic) bond motifs is 1. The second-order valence-corrected chi connectivity index (χ2v) is 3.61. The van der Waals surface area contributed by atoms with E-state index in [-0.39, 0.29) is 5.69 Å². The Morgan fingerprint density at radius 1 is 1.64 bits per heavy atom. The number of oxazole rings is 1. The minimum atomic E-state index is 0.0110. The molecule has 1 aliphatic rings. The third kappa shape index (κ3) is 0.840. The summed E-state index contributed by atoms with van der Waals surface area (Å²) in [5, 5.41) is 0. The molecule has 5 heteroatoms. The summed E-state index contributed by atoms with van der Waals surface area (Å²) >= 11 is 0. The van der Waals surface area contributed by atoms with Gasteiger partial charge in [-0.2, -0.15) is 4.98 Å². The average molecular weight is 193 g/mol. The first-order valence-corrected chi connectivity index (χ1v) is 4.87. The van der Waals surface area contributed by atoms with Crippen LogP contribution in [-0.4, -0.2) is 14.1 Å². The molecule has 2 aromatic rings. The van der Waals surface area contributed by atoms with Gasteiger partial charge in [0.05, 0.1) is 0 Å². The van der Waals surface area contributed by atoms with Crippen LogP contribution in [-0.2, 0) is 6.54 Å². The number of imidazole rings is 1. The summed E-state index contributed by atoms with van der Waals surface area (Å²) in [5.74, 6) is 0. The summed E-state index contributed by atoms with van der Waals surface area (Å²) < 4.78 is 8.59. The summed E-state index contributed by atoms with van der Waals surface area (Å²) in [7, 11) is 0. The van der Waals surface area contributed by atoms with Gasteiger partial charge in [-0.05, 0) is 19.8 Å². The summed E-state index contributed by atoms with van der Waals surface area (Å²) in [6, 6.07) is 0.350. The van der Waals surface area contributed by atoms with Crippen molar-refractivity contribution in [3.63, 3.8) is 0 Å². The SMILES string of the molecule is CCn1c(=O)n(C2CC2)c2ncoc21. The minimum Gasteiger partial charge on any atom is -0.425 e. The summed E-state index contributed by atoms with van der Waals surface area (Å²) in [6.07, 6.45) is 3.56. The molecule has 0 aliphatic heterocycles. The summed E-state index contributed by atoms with van der Waals surface area (Å²) in [4.78, 5) is 16.0. The number of aromatic nitrogens is 3. The first-order chi connectivity index (χ1) is 6.83. The molecule has 0 amide bonds. The molecular formula is C9H11N3O2. The zero-order valence-corrected chi connectivity index (χ0v) is 7.93. The van der Waals surface area contributed by atoms with Crippen molar-refractivity contribution in [3.8, 4) is 0 Å². The smallest absolute Gasteiger partial charge is 0.333 e. The van der Waals surface area contributed by atoms with Crippen molar-refractivity contribution in [2.75, 3.05) is 0 Å². The number of rotatable bonds is 2. The molecule has 74 valence electrons. The Morgan fingerprint density at radius 3 is 3.07 bits per heavy atom. The lowest BCUT2D eigenvalue weighted by atomic mass is 10.6. The molecule has 0 bridgehead atoms. The second-order valence-electron chi connectivity index (χ2n) is 3.61. The van der Waals surface area contributed by atoms with Gasteiger partial charge in [-0.15, -0.1) is 0 Å². The molecule has 0 spiro atoms. The molecule has 2 heterocycles. The highest BCUT2D eigenvalue weighted by Gasteiger charge is 2.30. The monoisotopic (exact) mass is 193 g/mol. The van der Waals surface area contributed by atoms with Crippen molar-refractivity contribution < 1.29 is 4.42 Å². The molecule has 1 fully saturated rings. The number of nitrogens with zero attached hydrogens (tertiary/aromatic N) is 3. The van der Waals surface area contributed by atoms with E-state index >= 15 is 0 Å². The summed E-state index contributed by atoms with van der Waals surface area (Å²) in [5.41, 5.74) is 1.31. The van der Waals surface area contributed by atoms with Crippen LogP contribution in [0.15, 0.2) is 15.6 Å². The van der Waals surface area contributed by atoms with E-state index < -0.39 is 0 Å². The zero-order valence-electron chi connectivity index (χ0n) is 7.93. The Kier molecular flexibility index (Phi) is 1.40. The van der Waals surface area contributed by atoms with Crippen LogP contribution < -0.4 is 5.69 Å². The molecule has 0 unspecified atom stereocenters. The molecule has 5 nitrogen and oxygen atoms in total. The van der Waals surface area contributed by atoms with Crippen LogP contribution in [0.3, 0.4) is 0 Å². The van der Waals surface area contributed by atoms with Gasteiger partial charge in [0.25, 0.3) is 0 Å². The van der Waals surface area contributed by atoms with Gasteiger partial charge in [0, 0.05) is 12.6 Å². The van der Waals surface area contributed by atoms with E-state index in [4.69, 9.17) is 4.42 Å². The Hall–Kier alpha value is -1.52. The fourth-order valence-electron chi connectivity index (χ4n) is 1.83. The largest absolute Gasteiger partial charge is 0.425 e. The molecule has 0 atom stereocenters. The fourth-order valence-corrected chi connectivity index (χ4v) is 1.83. The molecule has 0 N–H and O–H groups in total. The van der Waals surface area contributed by atoms with Crippen LogP contribution in [0.2, 0.25) is 0 Å². The molecule has 0 aromatic carbocycles. The summed E-state index contributed by atoms with van der Waals surface area (Å²) in [6.45, 7) is 2.56. The van der Waals surface area contributed by atoms with Gasteiger partial charge in [0.2, 0.25) is 11.4 Å². The molecule has 3 rings (SSSR count). The van der Waals surface area contributed by atoms with Gasteiger partial charge < -0.3 is 4.42 Å².